The minimum atomic E-state index is -0.0416. The Morgan fingerprint density at radius 2 is 0.542 bits per heavy atom. The summed E-state index contributed by atoms with van der Waals surface area (Å²) in [4.78, 5) is 25.6. The van der Waals surface area contributed by atoms with Crippen LogP contribution in [0, 0.1) is 11.8 Å². The summed E-state index contributed by atoms with van der Waals surface area (Å²) < 4.78 is 0. The molecule has 6 heteroatoms. The smallest absolute Gasteiger partial charge is 0.203 e. The number of thiol groups is 2. The highest BCUT2D eigenvalue weighted by Gasteiger charge is 2.23. The molecule has 48 heavy (non-hydrogen) atoms. The fourth-order valence-corrected chi connectivity index (χ4v) is 9.76. The molecule has 2 atom stereocenters. The maximum atomic E-state index is 12.8. The van der Waals surface area contributed by atoms with Crippen LogP contribution in [0.1, 0.15) is 232 Å². The minimum Gasteiger partial charge on any atom is -0.286 e. The van der Waals surface area contributed by atoms with Crippen LogP contribution in [0.25, 0.3) is 0 Å². The van der Waals surface area contributed by atoms with Crippen molar-refractivity contribution in [2.24, 2.45) is 11.8 Å². The minimum absolute atomic E-state index is 0.0416. The molecule has 0 bridgehead atoms. The second kappa shape index (κ2) is 40.5. The van der Waals surface area contributed by atoms with Gasteiger partial charge in [0.25, 0.3) is 0 Å². The highest BCUT2D eigenvalue weighted by molar-refractivity contribution is 8.87. The molecule has 0 aliphatic rings. The van der Waals surface area contributed by atoms with E-state index in [1.807, 2.05) is 0 Å². The van der Waals surface area contributed by atoms with Crippen LogP contribution in [-0.4, -0.2) is 21.7 Å². The van der Waals surface area contributed by atoms with Gasteiger partial charge in [-0.2, -0.15) is 25.3 Å². The van der Waals surface area contributed by atoms with Crippen molar-refractivity contribution in [1.82, 2.24) is 0 Å². The molecule has 0 aliphatic heterocycles. The van der Waals surface area contributed by atoms with Crippen LogP contribution in [0.2, 0.25) is 0 Å². The lowest BCUT2D eigenvalue weighted by atomic mass is 10.0. The first-order chi connectivity index (χ1) is 23.6. The summed E-state index contributed by atoms with van der Waals surface area (Å²) in [5, 5.41) is 0.259. The van der Waals surface area contributed by atoms with Crippen molar-refractivity contribution in [1.29, 1.82) is 0 Å². The first kappa shape index (κ1) is 48.7. The van der Waals surface area contributed by atoms with Gasteiger partial charge >= 0.3 is 0 Å². The van der Waals surface area contributed by atoms with Gasteiger partial charge in [-0.15, -0.1) is 0 Å². The average molecular weight is 747 g/mol. The number of carbonyl (C=O) groups excluding carboxylic acids is 2. The van der Waals surface area contributed by atoms with Crippen molar-refractivity contribution in [3.63, 3.8) is 0 Å². The Morgan fingerprint density at radius 3 is 0.729 bits per heavy atom. The predicted molar refractivity (Wildman–Crippen MR) is 228 cm³/mol. The maximum Gasteiger partial charge on any atom is 0.203 e. The summed E-state index contributed by atoms with van der Waals surface area (Å²) in [6, 6.07) is 0. The van der Waals surface area contributed by atoms with Crippen LogP contribution in [-0.2, 0) is 9.59 Å². The summed E-state index contributed by atoms with van der Waals surface area (Å²) in [5.41, 5.74) is 0. The molecular formula is C42H82O2S4. The third-order valence-electron chi connectivity index (χ3n) is 10.1. The molecule has 0 aromatic heterocycles. The highest BCUT2D eigenvalue weighted by atomic mass is 33.1. The van der Waals surface area contributed by atoms with Gasteiger partial charge in [0.2, 0.25) is 10.2 Å². The second-order valence-electron chi connectivity index (χ2n) is 14.7. The molecule has 0 rings (SSSR count). The molecule has 0 aromatic rings. The van der Waals surface area contributed by atoms with E-state index in [0.717, 1.165) is 47.3 Å². The van der Waals surface area contributed by atoms with Crippen molar-refractivity contribution in [3.8, 4) is 0 Å². The predicted octanol–water partition coefficient (Wildman–Crippen LogP) is 15.8. The Balaban J connectivity index is 3.70. The third kappa shape index (κ3) is 33.9. The molecule has 0 fully saturated rings. The van der Waals surface area contributed by atoms with Gasteiger partial charge in [0.1, 0.15) is 0 Å². The van der Waals surface area contributed by atoms with Crippen LogP contribution in [0.4, 0.5) is 0 Å². The van der Waals surface area contributed by atoms with E-state index in [-0.39, 0.29) is 22.1 Å². The second-order valence-corrected chi connectivity index (χ2v) is 17.6. The monoisotopic (exact) mass is 747 g/mol. The van der Waals surface area contributed by atoms with E-state index in [1.54, 1.807) is 0 Å². The van der Waals surface area contributed by atoms with Gasteiger partial charge in [0.15, 0.2) is 0 Å². The Hall–Kier alpha value is 0.740. The van der Waals surface area contributed by atoms with Gasteiger partial charge in [0, 0.05) is 23.3 Å². The Labute approximate surface area is 320 Å². The van der Waals surface area contributed by atoms with E-state index in [9.17, 15) is 9.59 Å². The molecule has 0 amide bonds. The maximum absolute atomic E-state index is 12.8. The normalized spacial score (nSPS) is 12.8. The molecule has 0 saturated carbocycles. The SMILES string of the molecule is CCCCCCCCCCCCCCCCCCC(CS)C(=O)SSC(=O)C(CS)CCCCCCCCCCCCCCCCCC. The highest BCUT2D eigenvalue weighted by Crippen LogP contribution is 2.33. The molecule has 2 nitrogen and oxygen atoms in total. The zero-order valence-electron chi connectivity index (χ0n) is 32.1. The first-order valence-electron chi connectivity index (χ1n) is 21.2. The molecule has 0 saturated heterocycles. The van der Waals surface area contributed by atoms with Crippen molar-refractivity contribution in [2.75, 3.05) is 11.5 Å². The van der Waals surface area contributed by atoms with Crippen molar-refractivity contribution >= 4 is 57.1 Å². The fraction of sp³-hybridized carbons (Fsp3) is 0.952. The summed E-state index contributed by atoms with van der Waals surface area (Å²) in [6.45, 7) is 4.57. The van der Waals surface area contributed by atoms with Crippen molar-refractivity contribution < 1.29 is 9.59 Å². The fourth-order valence-electron chi connectivity index (χ4n) is 6.66. The van der Waals surface area contributed by atoms with Gasteiger partial charge in [-0.1, -0.05) is 219 Å². The zero-order valence-corrected chi connectivity index (χ0v) is 35.6. The van der Waals surface area contributed by atoms with Gasteiger partial charge in [-0.05, 0) is 34.4 Å². The molecular weight excluding hydrogens is 665 g/mol. The molecule has 286 valence electrons. The van der Waals surface area contributed by atoms with Crippen LogP contribution < -0.4 is 0 Å². The quantitative estimate of drug-likeness (QED) is 0.0374. The molecule has 0 aliphatic carbocycles. The van der Waals surface area contributed by atoms with E-state index in [0.29, 0.717) is 11.5 Å². The Bertz CT molecular complexity index is 618. The molecule has 0 N–H and O–H groups in total. The number of unbranched alkanes of at least 4 members (excludes halogenated alkanes) is 30. The van der Waals surface area contributed by atoms with E-state index >= 15 is 0 Å². The standard InChI is InChI=1S/C42H82O2S4/c1-3-5-7-9-11-13-15-17-19-21-23-25-27-29-31-33-35-39(37-45)41(43)47-48-42(44)40(38-46)36-34-32-30-28-26-24-22-20-18-16-14-12-10-8-6-4-2/h39-40,45-46H,3-38H2,1-2H3. The van der Waals surface area contributed by atoms with Gasteiger partial charge < -0.3 is 0 Å². The topological polar surface area (TPSA) is 34.1 Å². The number of rotatable bonds is 38. The molecule has 0 radical (unpaired) electrons. The molecule has 0 aromatic carbocycles. The van der Waals surface area contributed by atoms with Gasteiger partial charge in [0.05, 0.1) is 0 Å². The lowest BCUT2D eigenvalue weighted by Crippen LogP contribution is -2.15. The summed E-state index contributed by atoms with van der Waals surface area (Å²) >= 11 is 8.94. The number of carbonyl (C=O) groups is 2. The van der Waals surface area contributed by atoms with Crippen LogP contribution in [0.3, 0.4) is 0 Å². The number of hydrogen-bond donors (Lipinski definition) is 2. The molecule has 0 heterocycles. The lowest BCUT2D eigenvalue weighted by Gasteiger charge is -2.14. The number of hydrogen-bond acceptors (Lipinski definition) is 6. The van der Waals surface area contributed by atoms with Crippen molar-refractivity contribution in [3.05, 3.63) is 0 Å². The van der Waals surface area contributed by atoms with E-state index in [4.69, 9.17) is 0 Å². The zero-order chi connectivity index (χ0) is 35.2. The average Bonchev–Trinajstić information content (AvgIpc) is 3.10. The van der Waals surface area contributed by atoms with Crippen LogP contribution in [0.5, 0.6) is 0 Å². The van der Waals surface area contributed by atoms with Gasteiger partial charge in [-0.25, -0.2) is 0 Å². The third-order valence-corrected chi connectivity index (χ3v) is 13.3. The largest absolute Gasteiger partial charge is 0.286 e. The van der Waals surface area contributed by atoms with E-state index in [2.05, 4.69) is 39.1 Å². The van der Waals surface area contributed by atoms with Gasteiger partial charge in [-0.3, -0.25) is 9.59 Å². The first-order valence-corrected chi connectivity index (χ1v) is 24.7. The van der Waals surface area contributed by atoms with E-state index < -0.39 is 0 Å². The summed E-state index contributed by atoms with van der Waals surface area (Å²) in [7, 11) is 2.32. The van der Waals surface area contributed by atoms with Crippen LogP contribution in [0.15, 0.2) is 0 Å². The van der Waals surface area contributed by atoms with E-state index in [1.165, 1.54) is 193 Å². The van der Waals surface area contributed by atoms with Crippen molar-refractivity contribution in [2.45, 2.75) is 232 Å². The Kier molecular flexibility index (Phi) is 41.1. The van der Waals surface area contributed by atoms with Crippen LogP contribution >= 0.6 is 46.8 Å². The summed E-state index contributed by atoms with van der Waals surface area (Å²) in [5.74, 6) is 1.07. The Morgan fingerprint density at radius 1 is 0.354 bits per heavy atom. The summed E-state index contributed by atoms with van der Waals surface area (Å²) in [6.07, 6.45) is 45.3. The molecule has 2 unspecified atom stereocenters. The lowest BCUT2D eigenvalue weighted by molar-refractivity contribution is -0.115. The molecule has 0 spiro atoms.